The molecule has 29 heavy (non-hydrogen) atoms. The average molecular weight is 394 g/mol. The number of nitrogens with one attached hydrogen (secondary N) is 1. The normalized spacial score (nSPS) is 17.0. The summed E-state index contributed by atoms with van der Waals surface area (Å²) in [4.78, 5) is 28.6. The molecule has 0 aliphatic carbocycles. The molecule has 154 valence electrons. The molecule has 0 radical (unpaired) electrons. The zero-order chi connectivity index (χ0) is 20.6. The summed E-state index contributed by atoms with van der Waals surface area (Å²) in [5, 5.41) is 2.74. The number of amides is 2. The molecular formula is C24H31N3O2. The Bertz CT molecular complexity index is 822. The van der Waals surface area contributed by atoms with Crippen LogP contribution in [0.3, 0.4) is 0 Å². The van der Waals surface area contributed by atoms with Gasteiger partial charge in [-0.25, -0.2) is 0 Å². The summed E-state index contributed by atoms with van der Waals surface area (Å²) in [7, 11) is 1.89. The lowest BCUT2D eigenvalue weighted by molar-refractivity contribution is -0.114. The van der Waals surface area contributed by atoms with Gasteiger partial charge in [0.15, 0.2) is 0 Å². The van der Waals surface area contributed by atoms with Crippen LogP contribution in [-0.4, -0.2) is 54.3 Å². The fourth-order valence-corrected chi connectivity index (χ4v) is 4.00. The highest BCUT2D eigenvalue weighted by Gasteiger charge is 2.26. The zero-order valence-electron chi connectivity index (χ0n) is 17.4. The molecular weight excluding hydrogens is 362 g/mol. The first-order valence-electron chi connectivity index (χ1n) is 10.4. The van der Waals surface area contributed by atoms with E-state index < -0.39 is 0 Å². The Labute approximate surface area is 173 Å². The second-order valence-corrected chi connectivity index (χ2v) is 7.86. The van der Waals surface area contributed by atoms with Gasteiger partial charge in [-0.2, -0.15) is 0 Å². The smallest absolute Gasteiger partial charge is 0.253 e. The van der Waals surface area contributed by atoms with Gasteiger partial charge in [-0.3, -0.25) is 9.59 Å². The average Bonchev–Trinajstić information content (AvgIpc) is 2.73. The number of nitrogens with zero attached hydrogens (tertiary/aromatic N) is 2. The van der Waals surface area contributed by atoms with Crippen molar-refractivity contribution in [3.05, 3.63) is 65.7 Å². The van der Waals surface area contributed by atoms with E-state index in [-0.39, 0.29) is 17.9 Å². The third-order valence-electron chi connectivity index (χ3n) is 5.56. The zero-order valence-corrected chi connectivity index (χ0v) is 17.4. The molecule has 2 amide bonds. The number of anilines is 1. The molecule has 5 heteroatoms. The Morgan fingerprint density at radius 2 is 1.93 bits per heavy atom. The fraction of sp³-hybridized carbons (Fsp3) is 0.417. The maximum atomic E-state index is 13.0. The Morgan fingerprint density at radius 1 is 1.14 bits per heavy atom. The van der Waals surface area contributed by atoms with Gasteiger partial charge in [0, 0.05) is 37.8 Å². The van der Waals surface area contributed by atoms with Crippen molar-refractivity contribution in [2.24, 2.45) is 0 Å². The van der Waals surface area contributed by atoms with E-state index in [9.17, 15) is 9.59 Å². The van der Waals surface area contributed by atoms with Gasteiger partial charge < -0.3 is 15.1 Å². The van der Waals surface area contributed by atoms with Crippen molar-refractivity contribution in [3.8, 4) is 0 Å². The van der Waals surface area contributed by atoms with E-state index in [1.165, 1.54) is 12.5 Å². The third kappa shape index (κ3) is 6.16. The minimum atomic E-state index is -0.138. The Kier molecular flexibility index (Phi) is 7.42. The fourth-order valence-electron chi connectivity index (χ4n) is 4.00. The highest BCUT2D eigenvalue weighted by molar-refractivity contribution is 5.96. The van der Waals surface area contributed by atoms with Gasteiger partial charge in [-0.15, -0.1) is 0 Å². The molecule has 3 rings (SSSR count). The minimum Gasteiger partial charge on any atom is -0.337 e. The molecule has 0 saturated carbocycles. The van der Waals surface area contributed by atoms with E-state index in [1.54, 1.807) is 12.1 Å². The first-order chi connectivity index (χ1) is 14.0. The second-order valence-electron chi connectivity index (χ2n) is 7.86. The summed E-state index contributed by atoms with van der Waals surface area (Å²) >= 11 is 0. The highest BCUT2D eigenvalue weighted by Crippen LogP contribution is 2.19. The van der Waals surface area contributed by atoms with Crippen molar-refractivity contribution in [3.63, 3.8) is 0 Å². The van der Waals surface area contributed by atoms with Crippen LogP contribution in [0.5, 0.6) is 0 Å². The molecule has 1 aliphatic rings. The Morgan fingerprint density at radius 3 is 2.69 bits per heavy atom. The van der Waals surface area contributed by atoms with Crippen molar-refractivity contribution < 1.29 is 9.59 Å². The predicted octanol–water partition coefficient (Wildman–Crippen LogP) is 3.81. The second kappa shape index (κ2) is 10.2. The Balaban J connectivity index is 1.54. The number of benzene rings is 2. The lowest BCUT2D eigenvalue weighted by atomic mass is 10.0. The summed E-state index contributed by atoms with van der Waals surface area (Å²) in [6, 6.07) is 18.0. The number of aryl methyl sites for hydroxylation is 1. The predicted molar refractivity (Wildman–Crippen MR) is 117 cm³/mol. The Hall–Kier alpha value is -2.66. The van der Waals surface area contributed by atoms with Gasteiger partial charge in [0.05, 0.1) is 0 Å². The molecule has 1 aliphatic heterocycles. The number of likely N-dealkylation sites (tertiary alicyclic amines) is 1. The van der Waals surface area contributed by atoms with Crippen molar-refractivity contribution >= 4 is 17.5 Å². The lowest BCUT2D eigenvalue weighted by Gasteiger charge is -2.37. The van der Waals surface area contributed by atoms with E-state index in [4.69, 9.17) is 0 Å². The number of carbonyl (C=O) groups excluding carboxylic acids is 2. The van der Waals surface area contributed by atoms with Crippen molar-refractivity contribution in [1.29, 1.82) is 0 Å². The van der Waals surface area contributed by atoms with E-state index in [1.807, 2.05) is 24.1 Å². The highest BCUT2D eigenvalue weighted by atomic mass is 16.2. The number of hydrogen-bond donors (Lipinski definition) is 1. The van der Waals surface area contributed by atoms with Crippen LogP contribution in [0.1, 0.15) is 42.1 Å². The molecule has 1 atom stereocenters. The SMILES string of the molecule is CC(=O)Nc1cccc(C(=O)N(C)[C@@H]2CCCN(CCCc3ccccc3)C2)c1. The largest absolute Gasteiger partial charge is 0.337 e. The van der Waals surface area contributed by atoms with Gasteiger partial charge in [0.1, 0.15) is 0 Å². The molecule has 2 aromatic carbocycles. The van der Waals surface area contributed by atoms with Gasteiger partial charge in [-0.1, -0.05) is 36.4 Å². The number of likely N-dealkylation sites (N-methyl/N-ethyl adjacent to an activating group) is 1. The van der Waals surface area contributed by atoms with Crippen molar-refractivity contribution in [2.45, 2.75) is 38.6 Å². The molecule has 1 heterocycles. The summed E-state index contributed by atoms with van der Waals surface area (Å²) in [6.07, 6.45) is 4.36. The molecule has 5 nitrogen and oxygen atoms in total. The van der Waals surface area contributed by atoms with Crippen molar-refractivity contribution in [1.82, 2.24) is 9.80 Å². The molecule has 0 bridgehead atoms. The number of hydrogen-bond acceptors (Lipinski definition) is 3. The first kappa shape index (κ1) is 21.1. The first-order valence-corrected chi connectivity index (χ1v) is 10.4. The van der Waals surface area contributed by atoms with E-state index in [2.05, 4.69) is 40.5 Å². The summed E-state index contributed by atoms with van der Waals surface area (Å²) in [5.41, 5.74) is 2.65. The van der Waals surface area contributed by atoms with E-state index in [0.29, 0.717) is 11.3 Å². The monoisotopic (exact) mass is 393 g/mol. The standard InChI is InChI=1S/C24H31N3O2/c1-19(28)25-22-13-6-12-21(17-22)24(29)26(2)23-14-8-16-27(18-23)15-7-11-20-9-4-3-5-10-20/h3-6,9-10,12-13,17,23H,7-8,11,14-16,18H2,1-2H3,(H,25,28)/t23-/m1/s1. The van der Waals surface area contributed by atoms with Gasteiger partial charge in [-0.05, 0) is 62.5 Å². The van der Waals surface area contributed by atoms with Crippen LogP contribution in [0.2, 0.25) is 0 Å². The lowest BCUT2D eigenvalue weighted by Crippen LogP contribution is -2.48. The molecule has 2 aromatic rings. The topological polar surface area (TPSA) is 52.7 Å². The van der Waals surface area contributed by atoms with Gasteiger partial charge >= 0.3 is 0 Å². The van der Waals surface area contributed by atoms with Crippen LogP contribution in [0.4, 0.5) is 5.69 Å². The number of piperidine rings is 1. The molecule has 0 spiro atoms. The van der Waals surface area contributed by atoms with Crippen LogP contribution >= 0.6 is 0 Å². The summed E-state index contributed by atoms with van der Waals surface area (Å²) in [5.74, 6) is -0.130. The summed E-state index contributed by atoms with van der Waals surface area (Å²) in [6.45, 7) is 4.55. The number of rotatable bonds is 7. The molecule has 1 N–H and O–H groups in total. The maximum absolute atomic E-state index is 13.0. The molecule has 1 fully saturated rings. The molecule has 1 saturated heterocycles. The van der Waals surface area contributed by atoms with Crippen LogP contribution in [0.15, 0.2) is 54.6 Å². The summed E-state index contributed by atoms with van der Waals surface area (Å²) < 4.78 is 0. The number of carbonyl (C=O) groups is 2. The van der Waals surface area contributed by atoms with Crippen LogP contribution in [0, 0.1) is 0 Å². The molecule has 0 aromatic heterocycles. The third-order valence-corrected chi connectivity index (χ3v) is 5.56. The van der Waals surface area contributed by atoms with Crippen molar-refractivity contribution in [2.75, 3.05) is 32.0 Å². The van der Waals surface area contributed by atoms with Crippen LogP contribution in [-0.2, 0) is 11.2 Å². The van der Waals surface area contributed by atoms with Gasteiger partial charge in [0.2, 0.25) is 5.91 Å². The molecule has 0 unspecified atom stereocenters. The van der Waals surface area contributed by atoms with Crippen LogP contribution in [0.25, 0.3) is 0 Å². The van der Waals surface area contributed by atoms with E-state index in [0.717, 1.165) is 45.3 Å². The quantitative estimate of drug-likeness (QED) is 0.778. The van der Waals surface area contributed by atoms with Crippen LogP contribution < -0.4 is 5.32 Å². The van der Waals surface area contributed by atoms with E-state index >= 15 is 0 Å². The maximum Gasteiger partial charge on any atom is 0.253 e. The van der Waals surface area contributed by atoms with Gasteiger partial charge in [0.25, 0.3) is 5.91 Å². The minimum absolute atomic E-state index is 0.00772.